The smallest absolute Gasteiger partial charge is 0.308 e. The maximum atomic E-state index is 12.4. The normalized spacial score (nSPS) is 22.5. The highest BCUT2D eigenvalue weighted by atomic mass is 16.4. The molecule has 2 rings (SSSR count). The van der Waals surface area contributed by atoms with Crippen molar-refractivity contribution in [3.05, 3.63) is 23.3 Å². The number of hydrogen-bond acceptors (Lipinski definition) is 4. The van der Waals surface area contributed by atoms with Crippen molar-refractivity contribution in [3.8, 4) is 0 Å². The van der Waals surface area contributed by atoms with Gasteiger partial charge in [0.25, 0.3) is 5.91 Å². The summed E-state index contributed by atoms with van der Waals surface area (Å²) < 4.78 is 0. The fourth-order valence-electron chi connectivity index (χ4n) is 3.01. The Balaban J connectivity index is 2.14. The Morgan fingerprint density at radius 2 is 1.86 bits per heavy atom. The van der Waals surface area contributed by atoms with Crippen LogP contribution in [0.5, 0.6) is 0 Å². The molecule has 1 fully saturated rings. The van der Waals surface area contributed by atoms with Crippen molar-refractivity contribution in [3.63, 3.8) is 0 Å². The first-order valence-corrected chi connectivity index (χ1v) is 7.83. The van der Waals surface area contributed by atoms with Crippen LogP contribution >= 0.6 is 0 Å². The average molecular weight is 305 g/mol. The Morgan fingerprint density at radius 1 is 1.18 bits per heavy atom. The first kappa shape index (κ1) is 16.4. The quantitative estimate of drug-likeness (QED) is 0.893. The number of rotatable bonds is 3. The highest BCUT2D eigenvalue weighted by Crippen LogP contribution is 2.23. The third-order valence-electron chi connectivity index (χ3n) is 4.24. The monoisotopic (exact) mass is 305 g/mol. The zero-order chi connectivity index (χ0) is 16.1. The van der Waals surface area contributed by atoms with Crippen LogP contribution in [-0.2, 0) is 4.79 Å². The molecule has 0 bridgehead atoms. The summed E-state index contributed by atoms with van der Waals surface area (Å²) in [5.74, 6) is -1.02. The number of carbonyl (C=O) groups excluding carboxylic acids is 1. The molecular formula is C16H23N3O3. The Hall–Kier alpha value is -1.98. The van der Waals surface area contributed by atoms with Crippen molar-refractivity contribution >= 4 is 11.9 Å². The second-order valence-corrected chi connectivity index (χ2v) is 5.93. The van der Waals surface area contributed by atoms with Gasteiger partial charge in [0.05, 0.1) is 17.2 Å². The molecule has 1 saturated carbocycles. The van der Waals surface area contributed by atoms with E-state index in [2.05, 4.69) is 15.3 Å². The Kier molecular flexibility index (Phi) is 5.46. The predicted molar refractivity (Wildman–Crippen MR) is 81.6 cm³/mol. The lowest BCUT2D eigenvalue weighted by Gasteiger charge is -2.27. The number of carboxylic acids is 1. The van der Waals surface area contributed by atoms with E-state index in [4.69, 9.17) is 0 Å². The van der Waals surface area contributed by atoms with Crippen LogP contribution in [0.4, 0.5) is 0 Å². The molecule has 0 radical (unpaired) electrons. The topological polar surface area (TPSA) is 92.2 Å². The minimum atomic E-state index is -0.830. The van der Waals surface area contributed by atoms with E-state index >= 15 is 0 Å². The van der Waals surface area contributed by atoms with Gasteiger partial charge in [-0.15, -0.1) is 0 Å². The van der Waals surface area contributed by atoms with E-state index in [1.165, 1.54) is 6.20 Å². The molecule has 2 atom stereocenters. The maximum Gasteiger partial charge on any atom is 0.308 e. The molecule has 1 aromatic rings. The fraction of sp³-hybridized carbons (Fsp3) is 0.625. The third-order valence-corrected chi connectivity index (χ3v) is 4.24. The van der Waals surface area contributed by atoms with Gasteiger partial charge in [-0.2, -0.15) is 0 Å². The van der Waals surface area contributed by atoms with E-state index in [1.54, 1.807) is 13.8 Å². The van der Waals surface area contributed by atoms with Gasteiger partial charge >= 0.3 is 5.97 Å². The zero-order valence-corrected chi connectivity index (χ0v) is 13.1. The van der Waals surface area contributed by atoms with Crippen LogP contribution in [0.3, 0.4) is 0 Å². The fourth-order valence-corrected chi connectivity index (χ4v) is 3.01. The summed E-state index contributed by atoms with van der Waals surface area (Å²) in [6.07, 6.45) is 6.82. The van der Waals surface area contributed by atoms with Crippen LogP contribution in [0.25, 0.3) is 0 Å². The van der Waals surface area contributed by atoms with Crippen molar-refractivity contribution in [2.75, 3.05) is 0 Å². The number of aliphatic carboxylic acids is 1. The molecule has 1 aromatic heterocycles. The van der Waals surface area contributed by atoms with Crippen LogP contribution in [-0.4, -0.2) is 33.0 Å². The molecule has 2 N–H and O–H groups in total. The first-order chi connectivity index (χ1) is 10.5. The first-order valence-electron chi connectivity index (χ1n) is 7.83. The summed E-state index contributed by atoms with van der Waals surface area (Å²) in [5, 5.41) is 12.3. The molecule has 1 heterocycles. The van der Waals surface area contributed by atoms with Crippen molar-refractivity contribution in [1.29, 1.82) is 0 Å². The number of nitrogens with one attached hydrogen (secondary N) is 1. The van der Waals surface area contributed by atoms with E-state index in [1.807, 2.05) is 0 Å². The number of carboxylic acid groups (broad SMARTS) is 1. The number of carbonyl (C=O) groups is 2. The lowest BCUT2D eigenvalue weighted by Crippen LogP contribution is -2.44. The molecule has 1 aliphatic rings. The Bertz CT molecular complexity index is 560. The maximum absolute atomic E-state index is 12.4. The lowest BCUT2D eigenvalue weighted by atomic mass is 9.86. The van der Waals surface area contributed by atoms with Gasteiger partial charge < -0.3 is 10.4 Å². The molecule has 6 nitrogen and oxygen atoms in total. The number of amides is 1. The largest absolute Gasteiger partial charge is 0.481 e. The molecule has 0 aromatic carbocycles. The van der Waals surface area contributed by atoms with Crippen LogP contribution in [0.2, 0.25) is 0 Å². The van der Waals surface area contributed by atoms with Crippen LogP contribution in [0, 0.1) is 19.8 Å². The molecule has 1 amide bonds. The molecule has 22 heavy (non-hydrogen) atoms. The summed E-state index contributed by atoms with van der Waals surface area (Å²) in [7, 11) is 0. The number of aryl methyl sites for hydroxylation is 2. The molecule has 1 aliphatic carbocycles. The van der Waals surface area contributed by atoms with Crippen molar-refractivity contribution in [2.45, 2.75) is 58.4 Å². The summed E-state index contributed by atoms with van der Waals surface area (Å²) >= 11 is 0. The zero-order valence-electron chi connectivity index (χ0n) is 13.1. The van der Waals surface area contributed by atoms with Crippen molar-refractivity contribution in [2.24, 2.45) is 5.92 Å². The summed E-state index contributed by atoms with van der Waals surface area (Å²) in [6, 6.07) is -0.328. The number of hydrogen-bond donors (Lipinski definition) is 2. The van der Waals surface area contributed by atoms with E-state index in [0.29, 0.717) is 29.9 Å². The lowest BCUT2D eigenvalue weighted by molar-refractivity contribution is -0.143. The van der Waals surface area contributed by atoms with Gasteiger partial charge in [0.1, 0.15) is 5.82 Å². The van der Waals surface area contributed by atoms with E-state index in [0.717, 1.165) is 25.7 Å². The molecule has 0 saturated heterocycles. The molecule has 120 valence electrons. The summed E-state index contributed by atoms with van der Waals surface area (Å²) in [4.78, 5) is 32.2. The molecule has 2 unspecified atom stereocenters. The van der Waals surface area contributed by atoms with Gasteiger partial charge in [0.2, 0.25) is 0 Å². The minimum Gasteiger partial charge on any atom is -0.481 e. The van der Waals surface area contributed by atoms with E-state index < -0.39 is 11.9 Å². The summed E-state index contributed by atoms with van der Waals surface area (Å²) in [6.45, 7) is 3.53. The Morgan fingerprint density at radius 3 is 2.50 bits per heavy atom. The second-order valence-electron chi connectivity index (χ2n) is 5.93. The van der Waals surface area contributed by atoms with E-state index in [-0.39, 0.29) is 11.9 Å². The van der Waals surface area contributed by atoms with Crippen LogP contribution in [0.15, 0.2) is 6.20 Å². The van der Waals surface area contributed by atoms with E-state index in [9.17, 15) is 14.7 Å². The van der Waals surface area contributed by atoms with Crippen molar-refractivity contribution < 1.29 is 14.7 Å². The number of nitrogens with zero attached hydrogens (tertiary/aromatic N) is 2. The second kappa shape index (κ2) is 7.33. The highest BCUT2D eigenvalue weighted by Gasteiger charge is 2.30. The predicted octanol–water partition coefficient (Wildman–Crippen LogP) is 2.25. The third kappa shape index (κ3) is 4.02. The van der Waals surface area contributed by atoms with Gasteiger partial charge in [0.15, 0.2) is 0 Å². The van der Waals surface area contributed by atoms with Crippen LogP contribution in [0.1, 0.15) is 60.4 Å². The van der Waals surface area contributed by atoms with Crippen molar-refractivity contribution in [1.82, 2.24) is 15.3 Å². The summed E-state index contributed by atoms with van der Waals surface area (Å²) in [5.41, 5.74) is 1.03. The standard InChI is InChI=1S/C16H23N3O3/c1-10-13(9-17-11(2)18-10)15(20)19-14-8-6-4-3-5-7-12(14)16(21)22/h9,12,14H,3-8H2,1-2H3,(H,19,20)(H,21,22). The Labute approximate surface area is 130 Å². The highest BCUT2D eigenvalue weighted by molar-refractivity contribution is 5.95. The molecule has 0 aliphatic heterocycles. The van der Waals surface area contributed by atoms with Gasteiger partial charge in [-0.1, -0.05) is 25.7 Å². The number of aromatic nitrogens is 2. The minimum absolute atomic E-state index is 0.283. The van der Waals surface area contributed by atoms with Gasteiger partial charge in [0, 0.05) is 12.2 Å². The molecule has 0 spiro atoms. The average Bonchev–Trinajstić information content (AvgIpc) is 2.41. The SMILES string of the molecule is Cc1ncc(C(=O)NC2CCCCCCC2C(=O)O)c(C)n1. The van der Waals surface area contributed by atoms with Crippen LogP contribution < -0.4 is 5.32 Å². The van der Waals surface area contributed by atoms with Gasteiger partial charge in [-0.05, 0) is 26.7 Å². The molecular weight excluding hydrogens is 282 g/mol. The van der Waals surface area contributed by atoms with Gasteiger partial charge in [-0.3, -0.25) is 9.59 Å². The van der Waals surface area contributed by atoms with Gasteiger partial charge in [-0.25, -0.2) is 9.97 Å². The molecule has 6 heteroatoms.